The summed E-state index contributed by atoms with van der Waals surface area (Å²) >= 11 is 0. The first-order valence-corrected chi connectivity index (χ1v) is 6.08. The van der Waals surface area contributed by atoms with Crippen molar-refractivity contribution >= 4 is 0 Å². The molecule has 0 aliphatic carbocycles. The highest BCUT2D eigenvalue weighted by molar-refractivity contribution is 5.27. The Kier molecular flexibility index (Phi) is 3.29. The first-order chi connectivity index (χ1) is 7.56. The summed E-state index contributed by atoms with van der Waals surface area (Å²) in [6.45, 7) is 6.28. The molecular weight excluding hydrogens is 201 g/mol. The van der Waals surface area contributed by atoms with Crippen molar-refractivity contribution in [2.45, 2.75) is 51.6 Å². The molecule has 0 saturated carbocycles. The van der Waals surface area contributed by atoms with Gasteiger partial charge in [0.15, 0.2) is 0 Å². The van der Waals surface area contributed by atoms with E-state index in [4.69, 9.17) is 0 Å². The molecule has 1 unspecified atom stereocenters. The molecule has 1 aromatic carbocycles. The van der Waals surface area contributed by atoms with E-state index in [1.807, 2.05) is 19.1 Å². The van der Waals surface area contributed by atoms with Gasteiger partial charge in [-0.05, 0) is 56.7 Å². The van der Waals surface area contributed by atoms with Gasteiger partial charge in [-0.15, -0.1) is 0 Å². The number of rotatable bonds is 1. The summed E-state index contributed by atoms with van der Waals surface area (Å²) in [5.74, 6) is 0.332. The van der Waals surface area contributed by atoms with Gasteiger partial charge in [-0.3, -0.25) is 0 Å². The standard InChI is InChI=1S/C14H20FN/c1-9-4-5-13(14(15)6-9)12-7-10(2)16-11(3)8-12/h4-6,10-12,16H,7-8H2,1-3H3/t10-,11+,12?. The summed E-state index contributed by atoms with van der Waals surface area (Å²) in [4.78, 5) is 0. The lowest BCUT2D eigenvalue weighted by Crippen LogP contribution is -2.41. The molecule has 1 fully saturated rings. The summed E-state index contributed by atoms with van der Waals surface area (Å²) in [5, 5.41) is 3.49. The number of halogens is 1. The molecule has 1 nitrogen and oxygen atoms in total. The van der Waals surface area contributed by atoms with Crippen molar-refractivity contribution in [2.75, 3.05) is 0 Å². The van der Waals surface area contributed by atoms with Crippen molar-refractivity contribution < 1.29 is 4.39 Å². The van der Waals surface area contributed by atoms with Gasteiger partial charge in [0.1, 0.15) is 5.82 Å². The van der Waals surface area contributed by atoms with Crippen LogP contribution in [0.2, 0.25) is 0 Å². The third-order valence-corrected chi connectivity index (χ3v) is 3.44. The van der Waals surface area contributed by atoms with Crippen molar-refractivity contribution in [1.82, 2.24) is 5.32 Å². The maximum Gasteiger partial charge on any atom is 0.126 e. The van der Waals surface area contributed by atoms with Crippen molar-refractivity contribution in [3.8, 4) is 0 Å². The largest absolute Gasteiger partial charge is 0.312 e. The molecule has 1 saturated heterocycles. The molecule has 16 heavy (non-hydrogen) atoms. The van der Waals surface area contributed by atoms with E-state index in [9.17, 15) is 4.39 Å². The lowest BCUT2D eigenvalue weighted by molar-refractivity contribution is 0.312. The van der Waals surface area contributed by atoms with Crippen LogP contribution in [0.15, 0.2) is 18.2 Å². The SMILES string of the molecule is Cc1ccc(C2C[C@@H](C)N[C@@H](C)C2)c(F)c1. The molecule has 1 aliphatic rings. The first kappa shape index (κ1) is 11.6. The van der Waals surface area contributed by atoms with Gasteiger partial charge < -0.3 is 5.32 Å². The third-order valence-electron chi connectivity index (χ3n) is 3.44. The maximum atomic E-state index is 13.9. The molecule has 1 N–H and O–H groups in total. The summed E-state index contributed by atoms with van der Waals surface area (Å²) < 4.78 is 13.9. The van der Waals surface area contributed by atoms with E-state index < -0.39 is 0 Å². The van der Waals surface area contributed by atoms with Crippen LogP contribution < -0.4 is 5.32 Å². The second-order valence-electron chi connectivity index (χ2n) is 5.16. The normalized spacial score (nSPS) is 30.4. The van der Waals surface area contributed by atoms with Crippen molar-refractivity contribution in [3.05, 3.63) is 35.1 Å². The van der Waals surface area contributed by atoms with Gasteiger partial charge in [0, 0.05) is 12.1 Å². The number of aryl methyl sites for hydroxylation is 1. The fraction of sp³-hybridized carbons (Fsp3) is 0.571. The van der Waals surface area contributed by atoms with Gasteiger partial charge in [0.2, 0.25) is 0 Å². The van der Waals surface area contributed by atoms with Crippen LogP contribution in [-0.2, 0) is 0 Å². The molecule has 0 amide bonds. The van der Waals surface area contributed by atoms with Crippen LogP contribution >= 0.6 is 0 Å². The van der Waals surface area contributed by atoms with Gasteiger partial charge in [-0.1, -0.05) is 12.1 Å². The molecular formula is C14H20FN. The molecule has 0 bridgehead atoms. The number of hydrogen-bond donors (Lipinski definition) is 1. The molecule has 88 valence electrons. The predicted octanol–water partition coefficient (Wildman–Crippen LogP) is 3.38. The molecule has 3 atom stereocenters. The van der Waals surface area contributed by atoms with Crippen LogP contribution in [0, 0.1) is 12.7 Å². The minimum atomic E-state index is -0.0358. The number of benzene rings is 1. The molecule has 0 aromatic heterocycles. The van der Waals surface area contributed by atoms with Gasteiger partial charge in [0.05, 0.1) is 0 Å². The fourth-order valence-corrected chi connectivity index (χ4v) is 2.79. The monoisotopic (exact) mass is 221 g/mol. The van der Waals surface area contributed by atoms with Crippen molar-refractivity contribution in [2.24, 2.45) is 0 Å². The molecule has 0 spiro atoms. The van der Waals surface area contributed by atoms with Crippen LogP contribution in [0.4, 0.5) is 4.39 Å². The summed E-state index contributed by atoms with van der Waals surface area (Å²) in [6.07, 6.45) is 2.06. The minimum absolute atomic E-state index is 0.0358. The zero-order chi connectivity index (χ0) is 11.7. The second-order valence-corrected chi connectivity index (χ2v) is 5.16. The smallest absolute Gasteiger partial charge is 0.126 e. The van der Waals surface area contributed by atoms with E-state index >= 15 is 0 Å². The zero-order valence-corrected chi connectivity index (χ0v) is 10.3. The molecule has 0 radical (unpaired) electrons. The number of nitrogens with one attached hydrogen (secondary N) is 1. The van der Waals surface area contributed by atoms with Crippen LogP contribution in [0.5, 0.6) is 0 Å². The lowest BCUT2D eigenvalue weighted by atomic mass is 9.83. The van der Waals surface area contributed by atoms with Crippen LogP contribution in [0.1, 0.15) is 43.7 Å². The van der Waals surface area contributed by atoms with Crippen LogP contribution in [0.25, 0.3) is 0 Å². The van der Waals surface area contributed by atoms with E-state index in [0.717, 1.165) is 24.0 Å². The van der Waals surface area contributed by atoms with Gasteiger partial charge in [-0.2, -0.15) is 0 Å². The van der Waals surface area contributed by atoms with Crippen LogP contribution in [0.3, 0.4) is 0 Å². The third kappa shape index (κ3) is 2.43. The minimum Gasteiger partial charge on any atom is -0.312 e. The van der Waals surface area contributed by atoms with E-state index in [1.54, 1.807) is 6.07 Å². The average molecular weight is 221 g/mol. The topological polar surface area (TPSA) is 12.0 Å². The van der Waals surface area contributed by atoms with Gasteiger partial charge >= 0.3 is 0 Å². The quantitative estimate of drug-likeness (QED) is 0.766. The van der Waals surface area contributed by atoms with Crippen molar-refractivity contribution in [3.63, 3.8) is 0 Å². The van der Waals surface area contributed by atoms with E-state index in [-0.39, 0.29) is 5.82 Å². The Bertz CT molecular complexity index is 365. The Balaban J connectivity index is 2.23. The Morgan fingerprint density at radius 2 is 1.81 bits per heavy atom. The number of piperidine rings is 1. The molecule has 2 heteroatoms. The van der Waals surface area contributed by atoms with E-state index in [0.29, 0.717) is 18.0 Å². The highest BCUT2D eigenvalue weighted by Crippen LogP contribution is 2.32. The van der Waals surface area contributed by atoms with E-state index in [2.05, 4.69) is 19.2 Å². The van der Waals surface area contributed by atoms with Crippen LogP contribution in [-0.4, -0.2) is 12.1 Å². The van der Waals surface area contributed by atoms with Crippen molar-refractivity contribution in [1.29, 1.82) is 0 Å². The highest BCUT2D eigenvalue weighted by atomic mass is 19.1. The Morgan fingerprint density at radius 3 is 2.38 bits per heavy atom. The average Bonchev–Trinajstić information content (AvgIpc) is 2.15. The molecule has 1 aromatic rings. The summed E-state index contributed by atoms with van der Waals surface area (Å²) in [5.41, 5.74) is 1.89. The van der Waals surface area contributed by atoms with Gasteiger partial charge in [0.25, 0.3) is 0 Å². The second kappa shape index (κ2) is 4.54. The number of hydrogen-bond acceptors (Lipinski definition) is 1. The maximum absolute atomic E-state index is 13.9. The first-order valence-electron chi connectivity index (χ1n) is 6.08. The Morgan fingerprint density at radius 1 is 1.19 bits per heavy atom. The van der Waals surface area contributed by atoms with E-state index in [1.165, 1.54) is 0 Å². The highest BCUT2D eigenvalue weighted by Gasteiger charge is 2.26. The fourth-order valence-electron chi connectivity index (χ4n) is 2.79. The summed E-state index contributed by atoms with van der Waals surface area (Å²) in [6, 6.07) is 6.58. The summed E-state index contributed by atoms with van der Waals surface area (Å²) in [7, 11) is 0. The Labute approximate surface area is 97.1 Å². The van der Waals surface area contributed by atoms with Gasteiger partial charge in [-0.25, -0.2) is 4.39 Å². The predicted molar refractivity (Wildman–Crippen MR) is 65.2 cm³/mol. The lowest BCUT2D eigenvalue weighted by Gasteiger charge is -2.33. The zero-order valence-electron chi connectivity index (χ0n) is 10.3. The molecule has 1 heterocycles. The molecule has 2 rings (SSSR count). The molecule has 1 aliphatic heterocycles. The Hall–Kier alpha value is -0.890.